The van der Waals surface area contributed by atoms with E-state index in [0.717, 1.165) is 13.2 Å². The van der Waals surface area contributed by atoms with Crippen LogP contribution >= 0.6 is 0 Å². The molecule has 2 nitrogen and oxygen atoms in total. The van der Waals surface area contributed by atoms with Crippen LogP contribution in [0.2, 0.25) is 0 Å². The van der Waals surface area contributed by atoms with Crippen LogP contribution in [0.3, 0.4) is 0 Å². The lowest BCUT2D eigenvalue weighted by Crippen LogP contribution is -2.60. The number of fused-ring (bicyclic) bond motifs is 2. The fourth-order valence-electron chi connectivity index (χ4n) is 1.24. The van der Waals surface area contributed by atoms with Crippen LogP contribution in [0.4, 0.5) is 0 Å². The fraction of sp³-hybridized carbons (Fsp3) is 1.00. The normalized spacial score (nSPS) is 38.0. The van der Waals surface area contributed by atoms with Crippen molar-refractivity contribution in [2.75, 3.05) is 13.2 Å². The molecule has 0 spiro atoms. The van der Waals surface area contributed by atoms with Crippen molar-refractivity contribution in [1.82, 2.24) is 5.32 Å². The molecule has 2 heteroatoms. The monoisotopic (exact) mass is 129 g/mol. The first-order valence-electron chi connectivity index (χ1n) is 3.79. The van der Waals surface area contributed by atoms with Gasteiger partial charge in [0.15, 0.2) is 0 Å². The molecule has 54 valence electrons. The summed E-state index contributed by atoms with van der Waals surface area (Å²) in [5.74, 6) is 0. The van der Waals surface area contributed by atoms with Crippen molar-refractivity contribution < 1.29 is 4.74 Å². The average Bonchev–Trinajstić information content (AvgIpc) is 1.93. The molecule has 0 aliphatic carbocycles. The van der Waals surface area contributed by atoms with Crippen LogP contribution < -0.4 is 5.32 Å². The van der Waals surface area contributed by atoms with Gasteiger partial charge in [0.2, 0.25) is 0 Å². The van der Waals surface area contributed by atoms with Gasteiger partial charge in [-0.2, -0.15) is 0 Å². The minimum absolute atomic E-state index is 0.707. The molecule has 0 aromatic rings. The van der Waals surface area contributed by atoms with Crippen LogP contribution in [0.15, 0.2) is 0 Å². The molecule has 3 rings (SSSR count). The van der Waals surface area contributed by atoms with E-state index in [0.29, 0.717) is 12.1 Å². The van der Waals surface area contributed by atoms with Gasteiger partial charge in [0, 0.05) is 12.1 Å². The summed E-state index contributed by atoms with van der Waals surface area (Å²) in [7, 11) is 0. The van der Waals surface area contributed by atoms with Gasteiger partial charge >= 0.3 is 0 Å². The van der Waals surface area contributed by atoms with Gasteiger partial charge in [0.1, 0.15) is 0 Å². The Balaban J connectivity index is 0.000000186. The Morgan fingerprint density at radius 1 is 1.22 bits per heavy atom. The number of morpholine rings is 1. The summed E-state index contributed by atoms with van der Waals surface area (Å²) in [5, 5.41) is 3.35. The van der Waals surface area contributed by atoms with Crippen molar-refractivity contribution >= 4 is 0 Å². The summed E-state index contributed by atoms with van der Waals surface area (Å²) in [6.07, 6.45) is 1.35. The number of nitrogens with one attached hydrogen (secondary N) is 1. The summed E-state index contributed by atoms with van der Waals surface area (Å²) in [6.45, 7) is 5.88. The second-order valence-electron chi connectivity index (χ2n) is 2.33. The highest BCUT2D eigenvalue weighted by Crippen LogP contribution is 2.17. The Morgan fingerprint density at radius 2 is 1.67 bits per heavy atom. The molecule has 2 atom stereocenters. The lowest BCUT2D eigenvalue weighted by Gasteiger charge is -2.42. The predicted molar refractivity (Wildman–Crippen MR) is 37.5 cm³/mol. The second kappa shape index (κ2) is 3.18. The van der Waals surface area contributed by atoms with E-state index in [1.165, 1.54) is 6.42 Å². The average molecular weight is 129 g/mol. The van der Waals surface area contributed by atoms with Crippen LogP contribution in [0.5, 0.6) is 0 Å². The third-order valence-corrected chi connectivity index (χ3v) is 1.68. The van der Waals surface area contributed by atoms with Crippen molar-refractivity contribution in [3.05, 3.63) is 0 Å². The van der Waals surface area contributed by atoms with E-state index in [4.69, 9.17) is 4.74 Å². The highest BCUT2D eigenvalue weighted by Gasteiger charge is 2.32. The van der Waals surface area contributed by atoms with E-state index in [1.807, 2.05) is 13.8 Å². The Labute approximate surface area is 56.6 Å². The first-order chi connectivity index (χ1) is 4.45. The molecule has 0 aromatic heterocycles. The molecule has 0 aromatic carbocycles. The smallest absolute Gasteiger partial charge is 0.0621 e. The number of rotatable bonds is 0. The minimum Gasteiger partial charge on any atom is -0.378 e. The van der Waals surface area contributed by atoms with Gasteiger partial charge in [0.25, 0.3) is 0 Å². The minimum atomic E-state index is 0.707. The van der Waals surface area contributed by atoms with E-state index in [9.17, 15) is 0 Å². The standard InChI is InChI=1S/C5H9NO.C2H6/c1-4-2-7-3-5(1)6-4;1-2/h4-6H,1-3H2;1-2H3. The third-order valence-electron chi connectivity index (χ3n) is 1.68. The molecule has 2 bridgehead atoms. The SMILES string of the molecule is C1OCC2CC1N2.CC. The summed E-state index contributed by atoms with van der Waals surface area (Å²) in [6, 6.07) is 1.41. The molecule has 3 aliphatic rings. The van der Waals surface area contributed by atoms with Crippen LogP contribution in [-0.2, 0) is 4.74 Å². The molecule has 9 heavy (non-hydrogen) atoms. The predicted octanol–water partition coefficient (Wildman–Crippen LogP) is 0.773. The van der Waals surface area contributed by atoms with E-state index in [1.54, 1.807) is 0 Å². The van der Waals surface area contributed by atoms with Crippen LogP contribution in [-0.4, -0.2) is 25.3 Å². The molecule has 3 fully saturated rings. The highest BCUT2D eigenvalue weighted by atomic mass is 16.5. The molecule has 3 saturated heterocycles. The summed E-state index contributed by atoms with van der Waals surface area (Å²) < 4.78 is 5.17. The summed E-state index contributed by atoms with van der Waals surface area (Å²) in [4.78, 5) is 0. The zero-order valence-electron chi connectivity index (χ0n) is 6.18. The van der Waals surface area contributed by atoms with E-state index in [2.05, 4.69) is 5.32 Å². The Bertz CT molecular complexity index is 65.5. The lowest BCUT2D eigenvalue weighted by atomic mass is 9.96. The maximum atomic E-state index is 5.17. The molecule has 1 N–H and O–H groups in total. The quantitative estimate of drug-likeness (QED) is 0.521. The molecule has 2 unspecified atom stereocenters. The second-order valence-corrected chi connectivity index (χ2v) is 2.33. The topological polar surface area (TPSA) is 21.3 Å². The van der Waals surface area contributed by atoms with Gasteiger partial charge < -0.3 is 10.1 Å². The largest absolute Gasteiger partial charge is 0.378 e. The number of ether oxygens (including phenoxy) is 1. The molecule has 3 aliphatic heterocycles. The van der Waals surface area contributed by atoms with Gasteiger partial charge in [-0.1, -0.05) is 13.8 Å². The van der Waals surface area contributed by atoms with Gasteiger partial charge in [-0.05, 0) is 6.42 Å². The van der Waals surface area contributed by atoms with Crippen molar-refractivity contribution in [3.8, 4) is 0 Å². The lowest BCUT2D eigenvalue weighted by molar-refractivity contribution is -0.0172. The van der Waals surface area contributed by atoms with Crippen molar-refractivity contribution in [1.29, 1.82) is 0 Å². The number of hydrogen-bond donors (Lipinski definition) is 1. The first-order valence-corrected chi connectivity index (χ1v) is 3.79. The van der Waals surface area contributed by atoms with Crippen LogP contribution in [0.25, 0.3) is 0 Å². The fourth-order valence-corrected chi connectivity index (χ4v) is 1.24. The third kappa shape index (κ3) is 1.43. The summed E-state index contributed by atoms with van der Waals surface area (Å²) >= 11 is 0. The van der Waals surface area contributed by atoms with Gasteiger partial charge in [-0.3, -0.25) is 0 Å². The zero-order valence-corrected chi connectivity index (χ0v) is 6.18. The van der Waals surface area contributed by atoms with Crippen molar-refractivity contribution in [3.63, 3.8) is 0 Å². The molecule has 3 heterocycles. The molecule has 0 radical (unpaired) electrons. The summed E-state index contributed by atoms with van der Waals surface area (Å²) in [5.41, 5.74) is 0. The Morgan fingerprint density at radius 3 is 1.78 bits per heavy atom. The maximum absolute atomic E-state index is 5.17. The van der Waals surface area contributed by atoms with Crippen LogP contribution in [0, 0.1) is 0 Å². The molecule has 0 saturated carbocycles. The molecule has 0 amide bonds. The van der Waals surface area contributed by atoms with Gasteiger partial charge in [0.05, 0.1) is 13.2 Å². The number of hydrogen-bond acceptors (Lipinski definition) is 2. The van der Waals surface area contributed by atoms with E-state index in [-0.39, 0.29) is 0 Å². The highest BCUT2D eigenvalue weighted by molar-refractivity contribution is 4.91. The van der Waals surface area contributed by atoms with E-state index >= 15 is 0 Å². The van der Waals surface area contributed by atoms with Gasteiger partial charge in [-0.25, -0.2) is 0 Å². The molecular weight excluding hydrogens is 114 g/mol. The Hall–Kier alpha value is -0.0800. The van der Waals surface area contributed by atoms with Crippen molar-refractivity contribution in [2.45, 2.75) is 32.4 Å². The van der Waals surface area contributed by atoms with Crippen molar-refractivity contribution in [2.24, 2.45) is 0 Å². The van der Waals surface area contributed by atoms with Crippen LogP contribution in [0.1, 0.15) is 20.3 Å². The zero-order chi connectivity index (χ0) is 6.69. The first kappa shape index (κ1) is 7.03. The molecular formula is C7H15NO. The Kier molecular flexibility index (Phi) is 2.49. The van der Waals surface area contributed by atoms with Gasteiger partial charge in [-0.15, -0.1) is 0 Å². The maximum Gasteiger partial charge on any atom is 0.0621 e. The van der Waals surface area contributed by atoms with E-state index < -0.39 is 0 Å².